The first-order valence-electron chi connectivity index (χ1n) is 20.4. The fraction of sp³-hybridized carbons (Fsp3) is 0.605. The molecule has 306 valence electrons. The number of hydroxylamine groups is 2. The molecule has 0 radical (unpaired) electrons. The number of amides is 2. The highest BCUT2D eigenvalue weighted by atomic mass is 16.8. The minimum Gasteiger partial charge on any atom is -0.499 e. The molecular formula is C43H59N3O10. The normalized spacial score (nSPS) is 26.8. The van der Waals surface area contributed by atoms with Gasteiger partial charge in [-0.15, -0.1) is 0 Å². The molecule has 4 aliphatic rings. The topological polar surface area (TPSA) is 156 Å². The van der Waals surface area contributed by atoms with Gasteiger partial charge in [-0.1, -0.05) is 94.1 Å². The number of ether oxygens (including phenoxy) is 4. The summed E-state index contributed by atoms with van der Waals surface area (Å²) >= 11 is 0. The van der Waals surface area contributed by atoms with Crippen LogP contribution in [-0.2, 0) is 51.1 Å². The zero-order valence-corrected chi connectivity index (χ0v) is 33.0. The maximum absolute atomic E-state index is 15.5. The number of rotatable bonds is 21. The number of fused-ring (bicyclic) bond motifs is 4. The molecule has 2 aromatic rings. The first kappa shape index (κ1) is 41.8. The summed E-state index contributed by atoms with van der Waals surface area (Å²) in [6.07, 6.45) is 7.79. The van der Waals surface area contributed by atoms with Crippen molar-refractivity contribution >= 4 is 23.9 Å². The fourth-order valence-electron chi connectivity index (χ4n) is 8.94. The maximum atomic E-state index is 15.5. The smallest absolute Gasteiger partial charge is 0.327 e. The number of benzene rings is 2. The van der Waals surface area contributed by atoms with E-state index in [2.05, 4.69) is 19.2 Å². The molecule has 1 aliphatic carbocycles. The third-order valence-electron chi connectivity index (χ3n) is 11.7. The molecular weight excluding hydrogens is 718 g/mol. The van der Waals surface area contributed by atoms with Crippen molar-refractivity contribution in [1.29, 1.82) is 0 Å². The van der Waals surface area contributed by atoms with E-state index in [-0.39, 0.29) is 45.8 Å². The highest BCUT2D eigenvalue weighted by Crippen LogP contribution is 2.58. The number of likely N-dealkylation sites (N-methyl/N-ethyl adjacent to an activating group) is 1. The minimum atomic E-state index is -1.48. The summed E-state index contributed by atoms with van der Waals surface area (Å²) in [6.45, 7) is 4.23. The average molecular weight is 778 g/mol. The van der Waals surface area contributed by atoms with Gasteiger partial charge in [0.15, 0.2) is 11.8 Å². The lowest BCUT2D eigenvalue weighted by molar-refractivity contribution is -0.225. The van der Waals surface area contributed by atoms with Crippen LogP contribution in [0.3, 0.4) is 0 Å². The second-order valence-electron chi connectivity index (χ2n) is 15.4. The maximum Gasteiger partial charge on any atom is 0.327 e. The summed E-state index contributed by atoms with van der Waals surface area (Å²) in [5, 5.41) is 23.1. The molecule has 2 bridgehead atoms. The Morgan fingerprint density at radius 1 is 0.982 bits per heavy atom. The predicted molar refractivity (Wildman–Crippen MR) is 207 cm³/mol. The van der Waals surface area contributed by atoms with Gasteiger partial charge in [-0.3, -0.25) is 19.2 Å². The molecule has 3 aliphatic heterocycles. The standard InChI is InChI=1S/C43H59N3O10/c1-4-6-13-20-42(21-14-7-5-2)54-35-34-28-43(41(51)45(3)33(39(49)44-22-23-47)27-30-15-9-8-10-16-30)37(40(50)53-34)46(56-38(43)36(35)55-42)29-32-18-12-11-17-31(32)19-25-52-26-24-48/h8-12,15-19,25,33-38,47-48H,4-7,13-14,20-24,26-29H2,1-3H3,(H,44,49). The van der Waals surface area contributed by atoms with E-state index in [4.69, 9.17) is 23.8 Å². The highest BCUT2D eigenvalue weighted by molar-refractivity contribution is 5.96. The van der Waals surface area contributed by atoms with E-state index in [1.807, 2.05) is 54.6 Å². The molecule has 13 heteroatoms. The Morgan fingerprint density at radius 2 is 1.68 bits per heavy atom. The van der Waals surface area contributed by atoms with Crippen LogP contribution in [0, 0.1) is 5.41 Å². The van der Waals surface area contributed by atoms with Crippen LogP contribution in [0.1, 0.15) is 88.3 Å². The number of carbonyl (C=O) groups excluding carboxylic acids is 3. The van der Waals surface area contributed by atoms with E-state index in [0.717, 1.165) is 55.2 Å². The number of aliphatic hydroxyl groups is 2. The van der Waals surface area contributed by atoms with Gasteiger partial charge in [-0.2, -0.15) is 5.06 Å². The second kappa shape index (κ2) is 19.1. The first-order chi connectivity index (χ1) is 27.2. The van der Waals surface area contributed by atoms with Crippen LogP contribution in [-0.4, -0.2) is 114 Å². The van der Waals surface area contributed by atoms with Gasteiger partial charge in [-0.05, 0) is 35.6 Å². The quantitative estimate of drug-likeness (QED) is 0.0945. The number of hydrogen-bond donors (Lipinski definition) is 3. The molecule has 0 spiro atoms. The molecule has 7 unspecified atom stereocenters. The van der Waals surface area contributed by atoms with E-state index < -0.39 is 65.5 Å². The van der Waals surface area contributed by atoms with Gasteiger partial charge in [-0.25, -0.2) is 0 Å². The van der Waals surface area contributed by atoms with Crippen LogP contribution < -0.4 is 5.32 Å². The van der Waals surface area contributed by atoms with Gasteiger partial charge in [0.2, 0.25) is 11.8 Å². The van der Waals surface area contributed by atoms with Crippen molar-refractivity contribution in [2.45, 2.75) is 127 Å². The van der Waals surface area contributed by atoms with Gasteiger partial charge in [0, 0.05) is 39.3 Å². The summed E-state index contributed by atoms with van der Waals surface area (Å²) in [5.41, 5.74) is 0.975. The van der Waals surface area contributed by atoms with Crippen molar-refractivity contribution in [3.63, 3.8) is 0 Å². The number of esters is 1. The molecule has 0 aromatic heterocycles. The second-order valence-corrected chi connectivity index (χ2v) is 15.4. The van der Waals surface area contributed by atoms with Crippen molar-refractivity contribution < 1.29 is 48.4 Å². The summed E-state index contributed by atoms with van der Waals surface area (Å²) in [7, 11) is 1.60. The van der Waals surface area contributed by atoms with Crippen molar-refractivity contribution in [3.05, 3.63) is 77.5 Å². The molecule has 56 heavy (non-hydrogen) atoms. The SMILES string of the molecule is CCCCCC1(CCCCC)OC2C3CC4(C(=O)N(C)C(Cc5ccccc5)C(=O)NCCO)C(ON(Cc5ccccc5C=COCCO)C4C(=O)O3)C2O1. The Kier molecular flexibility index (Phi) is 14.2. The highest BCUT2D eigenvalue weighted by Gasteiger charge is 2.76. The van der Waals surface area contributed by atoms with E-state index in [0.29, 0.717) is 12.8 Å². The summed E-state index contributed by atoms with van der Waals surface area (Å²) < 4.78 is 25.6. The largest absolute Gasteiger partial charge is 0.499 e. The van der Waals surface area contributed by atoms with Crippen LogP contribution in [0.2, 0.25) is 0 Å². The monoisotopic (exact) mass is 777 g/mol. The summed E-state index contributed by atoms with van der Waals surface area (Å²) in [4.78, 5) is 52.1. The fourth-order valence-corrected chi connectivity index (χ4v) is 8.94. The zero-order valence-electron chi connectivity index (χ0n) is 33.0. The Labute approximate surface area is 330 Å². The first-order valence-corrected chi connectivity index (χ1v) is 20.4. The lowest BCUT2D eigenvalue weighted by Crippen LogP contribution is -2.70. The van der Waals surface area contributed by atoms with Gasteiger partial charge in [0.25, 0.3) is 0 Å². The lowest BCUT2D eigenvalue weighted by atomic mass is 9.62. The molecule has 13 nitrogen and oxygen atoms in total. The molecule has 3 heterocycles. The number of carbonyl (C=O) groups is 3. The Morgan fingerprint density at radius 3 is 2.38 bits per heavy atom. The van der Waals surface area contributed by atoms with E-state index in [1.54, 1.807) is 18.2 Å². The van der Waals surface area contributed by atoms with Gasteiger partial charge >= 0.3 is 5.97 Å². The van der Waals surface area contributed by atoms with Crippen LogP contribution in [0.15, 0.2) is 60.9 Å². The number of nitrogens with zero attached hydrogens (tertiary/aromatic N) is 2. The minimum absolute atomic E-state index is 0.0276. The van der Waals surface area contributed by atoms with Gasteiger partial charge in [0.1, 0.15) is 42.5 Å². The molecule has 6 rings (SSSR count). The third kappa shape index (κ3) is 8.68. The van der Waals surface area contributed by atoms with E-state index >= 15 is 4.79 Å². The molecule has 3 saturated heterocycles. The molecule has 3 N–H and O–H groups in total. The van der Waals surface area contributed by atoms with Gasteiger partial charge in [0.05, 0.1) is 26.0 Å². The van der Waals surface area contributed by atoms with Crippen LogP contribution in [0.4, 0.5) is 0 Å². The van der Waals surface area contributed by atoms with Crippen molar-refractivity contribution in [1.82, 2.24) is 15.3 Å². The Hall–Kier alpha value is -3.85. The lowest BCUT2D eigenvalue weighted by Gasteiger charge is -2.50. The Bertz CT molecular complexity index is 1650. The number of unbranched alkanes of at least 4 members (excludes halogenated alkanes) is 4. The number of nitrogens with one attached hydrogen (secondary N) is 1. The van der Waals surface area contributed by atoms with E-state index in [9.17, 15) is 19.8 Å². The molecule has 4 fully saturated rings. The van der Waals surface area contributed by atoms with E-state index in [1.165, 1.54) is 11.2 Å². The van der Waals surface area contributed by atoms with Gasteiger partial charge < -0.3 is 39.4 Å². The molecule has 2 amide bonds. The summed E-state index contributed by atoms with van der Waals surface area (Å²) in [6, 6.07) is 14.9. The number of hydrogen-bond acceptors (Lipinski definition) is 11. The zero-order chi connectivity index (χ0) is 39.7. The molecule has 1 saturated carbocycles. The van der Waals surface area contributed by atoms with Crippen molar-refractivity contribution in [2.24, 2.45) is 5.41 Å². The van der Waals surface area contributed by atoms with Crippen molar-refractivity contribution in [3.8, 4) is 0 Å². The van der Waals surface area contributed by atoms with Crippen LogP contribution in [0.25, 0.3) is 6.08 Å². The summed E-state index contributed by atoms with van der Waals surface area (Å²) in [5.74, 6) is -2.35. The van der Waals surface area contributed by atoms with Crippen molar-refractivity contribution in [2.75, 3.05) is 33.4 Å². The predicted octanol–water partition coefficient (Wildman–Crippen LogP) is 4.29. The molecule has 2 aromatic carbocycles. The molecule has 7 atom stereocenters. The Balaban J connectivity index is 1.40. The van der Waals surface area contributed by atoms with Crippen LogP contribution >= 0.6 is 0 Å². The number of aliphatic hydroxyl groups excluding tert-OH is 2. The third-order valence-corrected chi connectivity index (χ3v) is 11.7. The van der Waals surface area contributed by atoms with Crippen LogP contribution in [0.5, 0.6) is 0 Å². The average Bonchev–Trinajstić information content (AvgIpc) is 3.76.